The molecule has 15 heavy (non-hydrogen) atoms. The molecule has 0 aromatic heterocycles. The normalized spacial score (nSPS) is 15.1. The predicted molar refractivity (Wildman–Crippen MR) is 63.1 cm³/mol. The van der Waals surface area contributed by atoms with Gasteiger partial charge in [-0.1, -0.05) is 39.0 Å². The molecule has 1 radical (unpaired) electrons. The Balaban J connectivity index is 2.04. The summed E-state index contributed by atoms with van der Waals surface area (Å²) in [5, 5.41) is 4.21. The predicted octanol–water partition coefficient (Wildman–Crippen LogP) is 4.07. The van der Waals surface area contributed by atoms with E-state index in [9.17, 15) is 0 Å². The lowest BCUT2D eigenvalue weighted by Gasteiger charge is -2.13. The molecule has 0 atom stereocenters. The minimum Gasteiger partial charge on any atom is -0.466 e. The molecule has 0 N–H and O–H groups in total. The van der Waals surface area contributed by atoms with Crippen LogP contribution in [-0.4, -0.2) is 0 Å². The van der Waals surface area contributed by atoms with Crippen molar-refractivity contribution in [1.82, 2.24) is 5.32 Å². The van der Waals surface area contributed by atoms with E-state index < -0.39 is 0 Å². The summed E-state index contributed by atoms with van der Waals surface area (Å²) < 4.78 is 5.42. The topological polar surface area (TPSA) is 23.3 Å². The fraction of sp³-hybridized carbons (Fsp3) is 0.692. The summed E-state index contributed by atoms with van der Waals surface area (Å²) in [6.45, 7) is 4.26. The standard InChI is InChI=1S/C13H22NO/c1-3-4-5-6-7-8-9-13-12(2)14-10-11-15-13/h10-11H,3-9H2,1-2H3. The molecular formula is C13H22NO. The number of allylic oxidation sites excluding steroid dienone is 2. The Labute approximate surface area is 93.4 Å². The maximum absolute atomic E-state index is 5.42. The third kappa shape index (κ3) is 4.91. The van der Waals surface area contributed by atoms with Gasteiger partial charge in [-0.15, -0.1) is 0 Å². The van der Waals surface area contributed by atoms with Gasteiger partial charge in [0.05, 0.1) is 11.9 Å². The summed E-state index contributed by atoms with van der Waals surface area (Å²) in [7, 11) is 0. The lowest BCUT2D eigenvalue weighted by Crippen LogP contribution is -2.04. The first kappa shape index (κ1) is 12.2. The molecule has 0 aliphatic carbocycles. The van der Waals surface area contributed by atoms with Crippen LogP contribution in [0.15, 0.2) is 23.9 Å². The molecule has 1 heterocycles. The Morgan fingerprint density at radius 3 is 2.60 bits per heavy atom. The maximum atomic E-state index is 5.42. The monoisotopic (exact) mass is 208 g/mol. The number of unbranched alkanes of at least 4 members (excludes halogenated alkanes) is 5. The highest BCUT2D eigenvalue weighted by Gasteiger charge is 2.06. The van der Waals surface area contributed by atoms with Gasteiger partial charge in [-0.3, -0.25) is 5.32 Å². The van der Waals surface area contributed by atoms with Crippen LogP contribution in [0.5, 0.6) is 0 Å². The molecule has 0 saturated heterocycles. The van der Waals surface area contributed by atoms with Gasteiger partial charge >= 0.3 is 0 Å². The summed E-state index contributed by atoms with van der Waals surface area (Å²) in [5.74, 6) is 1.05. The summed E-state index contributed by atoms with van der Waals surface area (Å²) in [4.78, 5) is 0. The van der Waals surface area contributed by atoms with Gasteiger partial charge in [0.25, 0.3) is 0 Å². The van der Waals surface area contributed by atoms with Crippen LogP contribution < -0.4 is 5.32 Å². The fourth-order valence-corrected chi connectivity index (χ4v) is 1.72. The minimum atomic E-state index is 1.03. The van der Waals surface area contributed by atoms with E-state index in [1.807, 2.05) is 6.92 Å². The fourth-order valence-electron chi connectivity index (χ4n) is 1.72. The van der Waals surface area contributed by atoms with E-state index in [0.29, 0.717) is 0 Å². The van der Waals surface area contributed by atoms with E-state index in [2.05, 4.69) is 12.2 Å². The molecule has 1 aliphatic rings. The molecule has 0 fully saturated rings. The highest BCUT2D eigenvalue weighted by Crippen LogP contribution is 2.18. The van der Waals surface area contributed by atoms with E-state index in [-0.39, 0.29) is 0 Å². The summed E-state index contributed by atoms with van der Waals surface area (Å²) in [6, 6.07) is 0. The first-order valence-electron chi connectivity index (χ1n) is 6.07. The Morgan fingerprint density at radius 1 is 1.13 bits per heavy atom. The molecule has 0 unspecified atom stereocenters. The zero-order chi connectivity index (χ0) is 10.9. The highest BCUT2D eigenvalue weighted by atomic mass is 16.5. The third-order valence-corrected chi connectivity index (χ3v) is 2.70. The van der Waals surface area contributed by atoms with Crippen molar-refractivity contribution in [2.24, 2.45) is 0 Å². The molecule has 0 aromatic rings. The zero-order valence-corrected chi connectivity index (χ0v) is 9.96. The quantitative estimate of drug-likeness (QED) is 0.578. The van der Waals surface area contributed by atoms with Gasteiger partial charge < -0.3 is 4.74 Å². The third-order valence-electron chi connectivity index (χ3n) is 2.70. The van der Waals surface area contributed by atoms with Crippen LogP contribution >= 0.6 is 0 Å². The lowest BCUT2D eigenvalue weighted by atomic mass is 10.1. The van der Waals surface area contributed by atoms with Gasteiger partial charge in [0.1, 0.15) is 12.0 Å². The van der Waals surface area contributed by atoms with Gasteiger partial charge in [-0.2, -0.15) is 0 Å². The molecule has 0 amide bonds. The molecule has 0 saturated carbocycles. The zero-order valence-electron chi connectivity index (χ0n) is 9.96. The summed E-state index contributed by atoms with van der Waals surface area (Å²) in [6.07, 6.45) is 12.4. The minimum absolute atomic E-state index is 1.03. The van der Waals surface area contributed by atoms with Crippen LogP contribution in [0.3, 0.4) is 0 Å². The number of ether oxygens (including phenoxy) is 1. The number of rotatable bonds is 7. The largest absolute Gasteiger partial charge is 0.466 e. The Morgan fingerprint density at radius 2 is 1.87 bits per heavy atom. The Kier molecular flexibility index (Phi) is 5.98. The van der Waals surface area contributed by atoms with Crippen LogP contribution in [0.2, 0.25) is 0 Å². The van der Waals surface area contributed by atoms with Gasteiger partial charge in [0.2, 0.25) is 0 Å². The molecule has 2 nitrogen and oxygen atoms in total. The highest BCUT2D eigenvalue weighted by molar-refractivity contribution is 5.10. The van der Waals surface area contributed by atoms with Gasteiger partial charge in [0.15, 0.2) is 0 Å². The Hall–Kier alpha value is -0.920. The average Bonchev–Trinajstić information content (AvgIpc) is 2.25. The van der Waals surface area contributed by atoms with Gasteiger partial charge in [-0.05, 0) is 13.3 Å². The number of hydrogen-bond acceptors (Lipinski definition) is 1. The second-order valence-electron chi connectivity index (χ2n) is 4.06. The molecule has 0 aromatic carbocycles. The maximum Gasteiger partial charge on any atom is 0.124 e. The van der Waals surface area contributed by atoms with E-state index in [0.717, 1.165) is 17.9 Å². The SMILES string of the molecule is CCCCCCCCC1=C(C)[N]C=CO1. The summed E-state index contributed by atoms with van der Waals surface area (Å²) >= 11 is 0. The van der Waals surface area contributed by atoms with Crippen LogP contribution in [0.25, 0.3) is 0 Å². The molecule has 85 valence electrons. The lowest BCUT2D eigenvalue weighted by molar-refractivity contribution is 0.308. The van der Waals surface area contributed by atoms with Crippen molar-refractivity contribution in [2.75, 3.05) is 0 Å². The van der Waals surface area contributed by atoms with E-state index in [1.54, 1.807) is 12.5 Å². The molecule has 0 bridgehead atoms. The molecule has 1 rings (SSSR count). The van der Waals surface area contributed by atoms with Crippen LogP contribution in [0.4, 0.5) is 0 Å². The van der Waals surface area contributed by atoms with Crippen molar-refractivity contribution in [3.05, 3.63) is 23.9 Å². The first-order chi connectivity index (χ1) is 7.34. The van der Waals surface area contributed by atoms with Crippen molar-refractivity contribution < 1.29 is 4.74 Å². The van der Waals surface area contributed by atoms with E-state index in [1.165, 1.54) is 38.5 Å². The number of nitrogens with zero attached hydrogens (tertiary/aromatic N) is 1. The number of hydrogen-bond donors (Lipinski definition) is 0. The molecular weight excluding hydrogens is 186 g/mol. The van der Waals surface area contributed by atoms with Crippen LogP contribution in [-0.2, 0) is 4.74 Å². The molecule has 1 aliphatic heterocycles. The van der Waals surface area contributed by atoms with Crippen molar-refractivity contribution >= 4 is 0 Å². The first-order valence-corrected chi connectivity index (χ1v) is 6.07. The average molecular weight is 208 g/mol. The smallest absolute Gasteiger partial charge is 0.124 e. The van der Waals surface area contributed by atoms with Gasteiger partial charge in [0, 0.05) is 6.42 Å². The van der Waals surface area contributed by atoms with Crippen LogP contribution in [0.1, 0.15) is 58.8 Å². The van der Waals surface area contributed by atoms with Crippen molar-refractivity contribution in [3.8, 4) is 0 Å². The molecule has 2 heteroatoms. The Bertz CT molecular complexity index is 231. The summed E-state index contributed by atoms with van der Waals surface area (Å²) in [5.41, 5.74) is 1.03. The van der Waals surface area contributed by atoms with Crippen molar-refractivity contribution in [2.45, 2.75) is 58.8 Å². The van der Waals surface area contributed by atoms with E-state index >= 15 is 0 Å². The van der Waals surface area contributed by atoms with Crippen molar-refractivity contribution in [3.63, 3.8) is 0 Å². The molecule has 0 spiro atoms. The van der Waals surface area contributed by atoms with Crippen molar-refractivity contribution in [1.29, 1.82) is 0 Å². The van der Waals surface area contributed by atoms with E-state index in [4.69, 9.17) is 4.74 Å². The second kappa shape index (κ2) is 7.38. The second-order valence-corrected chi connectivity index (χ2v) is 4.06. The van der Waals surface area contributed by atoms with Gasteiger partial charge in [-0.25, -0.2) is 0 Å². The van der Waals surface area contributed by atoms with Crippen LogP contribution in [0, 0.1) is 0 Å².